The first kappa shape index (κ1) is 18.1. The van der Waals surface area contributed by atoms with Gasteiger partial charge in [-0.25, -0.2) is 8.42 Å². The summed E-state index contributed by atoms with van der Waals surface area (Å²) in [5, 5.41) is 0. The second-order valence-electron chi connectivity index (χ2n) is 7.08. The molecule has 1 atom stereocenters. The maximum atomic E-state index is 13.0. The average Bonchev–Trinajstić information content (AvgIpc) is 3.40. The van der Waals surface area contributed by atoms with Gasteiger partial charge in [-0.2, -0.15) is 4.31 Å². The van der Waals surface area contributed by atoms with Gasteiger partial charge in [0.05, 0.1) is 10.9 Å². The van der Waals surface area contributed by atoms with Crippen molar-refractivity contribution in [2.75, 3.05) is 19.6 Å². The van der Waals surface area contributed by atoms with Crippen molar-refractivity contribution in [3.8, 4) is 0 Å². The number of rotatable bonds is 4. The van der Waals surface area contributed by atoms with Crippen molar-refractivity contribution < 1.29 is 13.2 Å². The molecule has 0 saturated carbocycles. The van der Waals surface area contributed by atoms with Gasteiger partial charge in [-0.3, -0.25) is 9.78 Å². The number of amides is 1. The van der Waals surface area contributed by atoms with Crippen LogP contribution in [0.15, 0.2) is 53.7 Å². The molecule has 0 radical (unpaired) electrons. The van der Waals surface area contributed by atoms with Crippen LogP contribution in [0, 0.1) is 0 Å². The van der Waals surface area contributed by atoms with Gasteiger partial charge in [0, 0.05) is 37.6 Å². The lowest BCUT2D eigenvalue weighted by atomic mass is 10.1. The molecule has 2 aliphatic heterocycles. The zero-order valence-electron chi connectivity index (χ0n) is 15.1. The first-order chi connectivity index (χ1) is 13.1. The highest BCUT2D eigenvalue weighted by atomic mass is 32.2. The SMILES string of the molecule is O=C(c1ccc(S(=O)(=O)N2CCCC2)cc1)N1CCCC1c1cccnc1. The number of nitrogens with zero attached hydrogens (tertiary/aromatic N) is 3. The molecule has 1 amide bonds. The number of aromatic nitrogens is 1. The second kappa shape index (κ2) is 7.40. The topological polar surface area (TPSA) is 70.6 Å². The van der Waals surface area contributed by atoms with E-state index in [2.05, 4.69) is 4.98 Å². The molecule has 1 aromatic carbocycles. The molecule has 0 bridgehead atoms. The normalized spacial score (nSPS) is 20.9. The number of hydrogen-bond acceptors (Lipinski definition) is 4. The lowest BCUT2D eigenvalue weighted by molar-refractivity contribution is 0.0735. The van der Waals surface area contributed by atoms with Crippen molar-refractivity contribution in [2.45, 2.75) is 36.6 Å². The fourth-order valence-corrected chi connectivity index (χ4v) is 5.46. The van der Waals surface area contributed by atoms with Crippen molar-refractivity contribution in [1.29, 1.82) is 0 Å². The van der Waals surface area contributed by atoms with Crippen LogP contribution in [0.2, 0.25) is 0 Å². The van der Waals surface area contributed by atoms with Crippen LogP contribution < -0.4 is 0 Å². The third kappa shape index (κ3) is 3.49. The Morgan fingerprint density at radius 3 is 2.41 bits per heavy atom. The van der Waals surface area contributed by atoms with Gasteiger partial charge in [-0.1, -0.05) is 6.07 Å². The number of carbonyl (C=O) groups excluding carboxylic acids is 1. The van der Waals surface area contributed by atoms with Crippen LogP contribution in [0.1, 0.15) is 47.6 Å². The molecule has 6 nitrogen and oxygen atoms in total. The largest absolute Gasteiger partial charge is 0.332 e. The molecule has 0 spiro atoms. The molecule has 0 N–H and O–H groups in total. The Morgan fingerprint density at radius 2 is 1.74 bits per heavy atom. The molecular weight excluding hydrogens is 362 g/mol. The molecule has 142 valence electrons. The number of sulfonamides is 1. The predicted octanol–water partition coefficient (Wildman–Crippen LogP) is 2.84. The minimum absolute atomic E-state index is 0.0270. The van der Waals surface area contributed by atoms with Gasteiger partial charge in [-0.15, -0.1) is 0 Å². The fraction of sp³-hybridized carbons (Fsp3) is 0.400. The first-order valence-corrected chi connectivity index (χ1v) is 10.8. The summed E-state index contributed by atoms with van der Waals surface area (Å²) in [5.41, 5.74) is 1.56. The highest BCUT2D eigenvalue weighted by molar-refractivity contribution is 7.89. The van der Waals surface area contributed by atoms with E-state index < -0.39 is 10.0 Å². The molecule has 2 aromatic rings. The fourth-order valence-electron chi connectivity index (χ4n) is 3.94. The van der Waals surface area contributed by atoms with E-state index in [4.69, 9.17) is 0 Å². The minimum atomic E-state index is -3.45. The quantitative estimate of drug-likeness (QED) is 0.811. The molecule has 3 heterocycles. The van der Waals surface area contributed by atoms with E-state index in [0.717, 1.165) is 31.2 Å². The second-order valence-corrected chi connectivity index (χ2v) is 9.02. The number of likely N-dealkylation sites (tertiary alicyclic amines) is 1. The summed E-state index contributed by atoms with van der Waals surface area (Å²) in [6, 6.07) is 10.3. The van der Waals surface area contributed by atoms with E-state index in [1.807, 2.05) is 23.2 Å². The van der Waals surface area contributed by atoms with Crippen LogP contribution >= 0.6 is 0 Å². The van der Waals surface area contributed by atoms with Crippen LogP contribution in [0.25, 0.3) is 0 Å². The Bertz CT molecular complexity index is 907. The molecular formula is C20H23N3O3S. The highest BCUT2D eigenvalue weighted by Crippen LogP contribution is 2.33. The smallest absolute Gasteiger partial charge is 0.254 e. The summed E-state index contributed by atoms with van der Waals surface area (Å²) in [6.45, 7) is 1.85. The van der Waals surface area contributed by atoms with Gasteiger partial charge in [0.25, 0.3) is 5.91 Å². The Morgan fingerprint density at radius 1 is 1.00 bits per heavy atom. The number of hydrogen-bond donors (Lipinski definition) is 0. The maximum absolute atomic E-state index is 13.0. The highest BCUT2D eigenvalue weighted by Gasteiger charge is 2.31. The van der Waals surface area contributed by atoms with E-state index in [1.54, 1.807) is 30.5 Å². The third-order valence-electron chi connectivity index (χ3n) is 5.39. The van der Waals surface area contributed by atoms with Crippen LogP contribution in [0.4, 0.5) is 0 Å². The zero-order valence-corrected chi connectivity index (χ0v) is 15.9. The lowest BCUT2D eigenvalue weighted by Crippen LogP contribution is -2.31. The number of benzene rings is 1. The Hall–Kier alpha value is -2.25. The van der Waals surface area contributed by atoms with Crippen molar-refractivity contribution in [3.63, 3.8) is 0 Å². The van der Waals surface area contributed by atoms with Crippen molar-refractivity contribution in [1.82, 2.24) is 14.2 Å². The summed E-state index contributed by atoms with van der Waals surface area (Å²) < 4.78 is 26.8. The van der Waals surface area contributed by atoms with Crippen LogP contribution in [-0.4, -0.2) is 48.1 Å². The predicted molar refractivity (Wildman–Crippen MR) is 102 cm³/mol. The molecule has 2 saturated heterocycles. The summed E-state index contributed by atoms with van der Waals surface area (Å²) in [4.78, 5) is 19.3. The minimum Gasteiger partial charge on any atom is -0.332 e. The Balaban J connectivity index is 1.54. The summed E-state index contributed by atoms with van der Waals surface area (Å²) in [5.74, 6) is -0.0635. The summed E-state index contributed by atoms with van der Waals surface area (Å²) in [6.07, 6.45) is 7.21. The molecule has 2 fully saturated rings. The van der Waals surface area contributed by atoms with E-state index in [9.17, 15) is 13.2 Å². The molecule has 0 aliphatic carbocycles. The molecule has 1 aromatic heterocycles. The zero-order chi connectivity index (χ0) is 18.9. The molecule has 7 heteroatoms. The van der Waals surface area contributed by atoms with Gasteiger partial charge in [0.2, 0.25) is 10.0 Å². The first-order valence-electron chi connectivity index (χ1n) is 9.38. The van der Waals surface area contributed by atoms with E-state index >= 15 is 0 Å². The van der Waals surface area contributed by atoms with Gasteiger partial charge in [0.1, 0.15) is 0 Å². The van der Waals surface area contributed by atoms with Gasteiger partial charge < -0.3 is 4.90 Å². The molecule has 2 aliphatic rings. The van der Waals surface area contributed by atoms with Crippen molar-refractivity contribution in [3.05, 3.63) is 59.9 Å². The molecule has 4 rings (SSSR count). The van der Waals surface area contributed by atoms with Gasteiger partial charge >= 0.3 is 0 Å². The van der Waals surface area contributed by atoms with E-state index in [-0.39, 0.29) is 16.8 Å². The van der Waals surface area contributed by atoms with Crippen LogP contribution in [-0.2, 0) is 10.0 Å². The number of carbonyl (C=O) groups is 1. The van der Waals surface area contributed by atoms with Crippen molar-refractivity contribution >= 4 is 15.9 Å². The number of pyridine rings is 1. The van der Waals surface area contributed by atoms with E-state index in [0.29, 0.717) is 25.2 Å². The Labute approximate surface area is 159 Å². The average molecular weight is 385 g/mol. The van der Waals surface area contributed by atoms with Crippen molar-refractivity contribution in [2.24, 2.45) is 0 Å². The maximum Gasteiger partial charge on any atom is 0.254 e. The molecule has 27 heavy (non-hydrogen) atoms. The summed E-state index contributed by atoms with van der Waals surface area (Å²) in [7, 11) is -3.45. The standard InChI is InChI=1S/C20H23N3O3S/c24-20(23-14-4-6-19(23)17-5-3-11-21-15-17)16-7-9-18(10-8-16)27(25,26)22-12-1-2-13-22/h3,5,7-11,15,19H,1-2,4,6,12-14H2. The summed E-state index contributed by atoms with van der Waals surface area (Å²) >= 11 is 0. The van der Waals surface area contributed by atoms with Gasteiger partial charge in [-0.05, 0) is 61.6 Å². The Kier molecular flexibility index (Phi) is 4.97. The van der Waals surface area contributed by atoms with Gasteiger partial charge in [0.15, 0.2) is 0 Å². The van der Waals surface area contributed by atoms with Crippen LogP contribution in [0.5, 0.6) is 0 Å². The lowest BCUT2D eigenvalue weighted by Gasteiger charge is -2.25. The molecule has 1 unspecified atom stereocenters. The van der Waals surface area contributed by atoms with E-state index in [1.165, 1.54) is 4.31 Å². The monoisotopic (exact) mass is 385 g/mol. The third-order valence-corrected chi connectivity index (χ3v) is 7.30. The van der Waals surface area contributed by atoms with Crippen LogP contribution in [0.3, 0.4) is 0 Å².